The first-order valence-electron chi connectivity index (χ1n) is 4.86. The van der Waals surface area contributed by atoms with Gasteiger partial charge in [-0.2, -0.15) is 0 Å². The van der Waals surface area contributed by atoms with Crippen LogP contribution in [0.4, 0.5) is 11.4 Å². The minimum absolute atomic E-state index is 0.831. The second kappa shape index (κ2) is 3.29. The van der Waals surface area contributed by atoms with Gasteiger partial charge in [-0.15, -0.1) is 0 Å². The lowest BCUT2D eigenvalue weighted by Gasteiger charge is -2.17. The van der Waals surface area contributed by atoms with Crippen LogP contribution in [-0.4, -0.2) is 13.1 Å². The van der Waals surface area contributed by atoms with E-state index in [1.807, 2.05) is 12.1 Å². The molecular weight excluding hydrogens is 160 g/mol. The van der Waals surface area contributed by atoms with E-state index in [4.69, 9.17) is 5.73 Å². The molecule has 1 aromatic rings. The third kappa shape index (κ3) is 1.77. The highest BCUT2D eigenvalue weighted by molar-refractivity contribution is 5.53. The number of nitrogens with two attached hydrogens (primary N) is 1. The standard InChI is InChI=1S/C11H16N2/c1-9-6-7-13(8-9)11-4-2-10(12)3-5-11/h2-5,9H,6-8,12H2,1H3/t9-/m1/s1. The third-order valence-corrected chi connectivity index (χ3v) is 2.68. The van der Waals surface area contributed by atoms with Crippen LogP contribution >= 0.6 is 0 Å². The van der Waals surface area contributed by atoms with Crippen LogP contribution in [0, 0.1) is 5.92 Å². The highest BCUT2D eigenvalue weighted by atomic mass is 15.1. The van der Waals surface area contributed by atoms with Gasteiger partial charge in [0, 0.05) is 24.5 Å². The normalized spacial score (nSPS) is 22.2. The molecule has 2 N–H and O–H groups in total. The van der Waals surface area contributed by atoms with E-state index in [2.05, 4.69) is 24.0 Å². The van der Waals surface area contributed by atoms with E-state index in [-0.39, 0.29) is 0 Å². The van der Waals surface area contributed by atoms with Crippen molar-refractivity contribution in [1.29, 1.82) is 0 Å². The molecular formula is C11H16N2. The van der Waals surface area contributed by atoms with E-state index in [1.54, 1.807) is 0 Å². The van der Waals surface area contributed by atoms with Crippen molar-refractivity contribution in [2.45, 2.75) is 13.3 Å². The molecule has 1 aromatic carbocycles. The van der Waals surface area contributed by atoms with E-state index in [0.717, 1.165) is 11.6 Å². The van der Waals surface area contributed by atoms with Gasteiger partial charge in [-0.1, -0.05) is 6.92 Å². The average Bonchev–Trinajstić information content (AvgIpc) is 2.53. The number of nitrogens with zero attached hydrogens (tertiary/aromatic N) is 1. The lowest BCUT2D eigenvalue weighted by molar-refractivity contribution is 0.659. The van der Waals surface area contributed by atoms with Gasteiger partial charge in [-0.05, 0) is 36.6 Å². The van der Waals surface area contributed by atoms with Crippen molar-refractivity contribution in [3.63, 3.8) is 0 Å². The van der Waals surface area contributed by atoms with Gasteiger partial charge in [0.15, 0.2) is 0 Å². The largest absolute Gasteiger partial charge is 0.399 e. The number of rotatable bonds is 1. The number of hydrogen-bond donors (Lipinski definition) is 1. The van der Waals surface area contributed by atoms with Gasteiger partial charge in [-0.25, -0.2) is 0 Å². The molecule has 1 saturated heterocycles. The summed E-state index contributed by atoms with van der Waals surface area (Å²) in [5.41, 5.74) is 7.78. The first kappa shape index (κ1) is 8.42. The Morgan fingerprint density at radius 2 is 2.00 bits per heavy atom. The van der Waals surface area contributed by atoms with E-state index < -0.39 is 0 Å². The van der Waals surface area contributed by atoms with E-state index in [9.17, 15) is 0 Å². The monoisotopic (exact) mass is 176 g/mol. The van der Waals surface area contributed by atoms with Crippen LogP contribution in [-0.2, 0) is 0 Å². The highest BCUT2D eigenvalue weighted by Gasteiger charge is 2.18. The second-order valence-electron chi connectivity index (χ2n) is 3.93. The topological polar surface area (TPSA) is 29.3 Å². The fraction of sp³-hybridized carbons (Fsp3) is 0.455. The van der Waals surface area contributed by atoms with Crippen LogP contribution in [0.1, 0.15) is 13.3 Å². The summed E-state index contributed by atoms with van der Waals surface area (Å²) in [6.45, 7) is 4.67. The maximum Gasteiger partial charge on any atom is 0.0367 e. The summed E-state index contributed by atoms with van der Waals surface area (Å²) < 4.78 is 0. The van der Waals surface area contributed by atoms with Crippen molar-refractivity contribution in [3.8, 4) is 0 Å². The van der Waals surface area contributed by atoms with E-state index in [1.165, 1.54) is 25.2 Å². The van der Waals surface area contributed by atoms with Crippen LogP contribution < -0.4 is 10.6 Å². The van der Waals surface area contributed by atoms with Gasteiger partial charge in [0.1, 0.15) is 0 Å². The molecule has 0 spiro atoms. The maximum absolute atomic E-state index is 5.63. The molecule has 0 saturated carbocycles. The molecule has 70 valence electrons. The Morgan fingerprint density at radius 3 is 2.54 bits per heavy atom. The molecule has 1 atom stereocenters. The van der Waals surface area contributed by atoms with Gasteiger partial charge in [-0.3, -0.25) is 0 Å². The molecule has 0 aromatic heterocycles. The summed E-state index contributed by atoms with van der Waals surface area (Å²) in [7, 11) is 0. The quantitative estimate of drug-likeness (QED) is 0.664. The van der Waals surface area contributed by atoms with Crippen LogP contribution in [0.2, 0.25) is 0 Å². The van der Waals surface area contributed by atoms with Crippen LogP contribution in [0.25, 0.3) is 0 Å². The zero-order valence-corrected chi connectivity index (χ0v) is 8.03. The summed E-state index contributed by atoms with van der Waals surface area (Å²) in [5, 5.41) is 0. The predicted octanol–water partition coefficient (Wildman–Crippen LogP) is 2.12. The molecule has 13 heavy (non-hydrogen) atoms. The second-order valence-corrected chi connectivity index (χ2v) is 3.93. The average molecular weight is 176 g/mol. The molecule has 1 aliphatic heterocycles. The summed E-state index contributed by atoms with van der Waals surface area (Å²) in [4.78, 5) is 2.42. The summed E-state index contributed by atoms with van der Waals surface area (Å²) >= 11 is 0. The third-order valence-electron chi connectivity index (χ3n) is 2.68. The molecule has 2 heteroatoms. The number of anilines is 2. The number of hydrogen-bond acceptors (Lipinski definition) is 2. The highest BCUT2D eigenvalue weighted by Crippen LogP contribution is 2.23. The van der Waals surface area contributed by atoms with Crippen LogP contribution in [0.3, 0.4) is 0 Å². The summed E-state index contributed by atoms with van der Waals surface area (Å²) in [5.74, 6) is 0.831. The molecule has 0 amide bonds. The van der Waals surface area contributed by atoms with Crippen LogP contribution in [0.5, 0.6) is 0 Å². The van der Waals surface area contributed by atoms with Crippen molar-refractivity contribution < 1.29 is 0 Å². The van der Waals surface area contributed by atoms with Crippen LogP contribution in [0.15, 0.2) is 24.3 Å². The van der Waals surface area contributed by atoms with Crippen molar-refractivity contribution >= 4 is 11.4 Å². The van der Waals surface area contributed by atoms with Crippen molar-refractivity contribution in [2.24, 2.45) is 5.92 Å². The minimum atomic E-state index is 0.831. The molecule has 0 radical (unpaired) electrons. The summed E-state index contributed by atoms with van der Waals surface area (Å²) in [6, 6.07) is 8.15. The number of nitrogen functional groups attached to an aromatic ring is 1. The van der Waals surface area contributed by atoms with Gasteiger partial charge < -0.3 is 10.6 Å². The smallest absolute Gasteiger partial charge is 0.0367 e. The first-order valence-corrected chi connectivity index (χ1v) is 4.86. The first-order chi connectivity index (χ1) is 6.25. The Bertz CT molecular complexity index is 279. The molecule has 1 heterocycles. The lowest BCUT2D eigenvalue weighted by Crippen LogP contribution is -2.18. The van der Waals surface area contributed by atoms with E-state index >= 15 is 0 Å². The molecule has 0 bridgehead atoms. The van der Waals surface area contributed by atoms with Crippen molar-refractivity contribution in [3.05, 3.63) is 24.3 Å². The summed E-state index contributed by atoms with van der Waals surface area (Å²) in [6.07, 6.45) is 1.31. The van der Waals surface area contributed by atoms with Gasteiger partial charge in [0.25, 0.3) is 0 Å². The Balaban J connectivity index is 2.13. The Labute approximate surface area is 79.4 Å². The fourth-order valence-corrected chi connectivity index (χ4v) is 1.85. The SMILES string of the molecule is C[C@@H]1CCN(c2ccc(N)cc2)C1. The van der Waals surface area contributed by atoms with Gasteiger partial charge in [0.2, 0.25) is 0 Å². The van der Waals surface area contributed by atoms with E-state index in [0.29, 0.717) is 0 Å². The van der Waals surface area contributed by atoms with Gasteiger partial charge in [0.05, 0.1) is 0 Å². The van der Waals surface area contributed by atoms with Crippen molar-refractivity contribution in [1.82, 2.24) is 0 Å². The molecule has 0 aliphatic carbocycles. The molecule has 1 fully saturated rings. The zero-order chi connectivity index (χ0) is 9.26. The Hall–Kier alpha value is -1.18. The zero-order valence-electron chi connectivity index (χ0n) is 8.03. The maximum atomic E-state index is 5.63. The minimum Gasteiger partial charge on any atom is -0.399 e. The molecule has 2 rings (SSSR count). The Kier molecular flexibility index (Phi) is 2.13. The molecule has 2 nitrogen and oxygen atoms in total. The fourth-order valence-electron chi connectivity index (χ4n) is 1.85. The van der Waals surface area contributed by atoms with Gasteiger partial charge >= 0.3 is 0 Å². The molecule has 1 aliphatic rings. The lowest BCUT2D eigenvalue weighted by atomic mass is 10.2. The predicted molar refractivity (Wildman–Crippen MR) is 56.8 cm³/mol. The molecule has 0 unspecified atom stereocenters. The van der Waals surface area contributed by atoms with Crippen molar-refractivity contribution in [2.75, 3.05) is 23.7 Å². The number of benzene rings is 1. The Morgan fingerprint density at radius 1 is 1.31 bits per heavy atom.